The van der Waals surface area contributed by atoms with E-state index in [1.807, 2.05) is 13.0 Å². The first kappa shape index (κ1) is 9.40. The molecule has 1 aromatic carbocycles. The van der Waals surface area contributed by atoms with Crippen LogP contribution in [0.15, 0.2) is 34.9 Å². The van der Waals surface area contributed by atoms with Crippen molar-refractivity contribution in [2.24, 2.45) is 0 Å². The molecule has 0 atom stereocenters. The van der Waals surface area contributed by atoms with Crippen LogP contribution in [0.5, 0.6) is 0 Å². The molecule has 0 fully saturated rings. The Morgan fingerprint density at radius 2 is 2.07 bits per heavy atom. The van der Waals surface area contributed by atoms with Crippen molar-refractivity contribution < 1.29 is 4.39 Å². The van der Waals surface area contributed by atoms with E-state index in [-0.39, 0.29) is 5.82 Å². The third-order valence-electron chi connectivity index (χ3n) is 1.87. The minimum absolute atomic E-state index is 0.281. The lowest BCUT2D eigenvalue weighted by atomic mass is 10.3. The lowest BCUT2D eigenvalue weighted by molar-refractivity contribution is 0.608. The van der Waals surface area contributed by atoms with Gasteiger partial charge in [-0.15, -0.1) is 0 Å². The number of rotatable bonds is 1. The van der Waals surface area contributed by atoms with E-state index in [4.69, 9.17) is 0 Å². The molecule has 0 bridgehead atoms. The van der Waals surface area contributed by atoms with Gasteiger partial charge in [0, 0.05) is 0 Å². The molecule has 0 spiro atoms. The highest BCUT2D eigenvalue weighted by molar-refractivity contribution is 9.10. The summed E-state index contributed by atoms with van der Waals surface area (Å²) < 4.78 is 15.7. The van der Waals surface area contributed by atoms with E-state index < -0.39 is 0 Å². The Balaban J connectivity index is 2.60. The molecule has 0 aliphatic rings. The minimum Gasteiger partial charge on any atom is -0.223 e. The highest BCUT2D eigenvalue weighted by atomic mass is 79.9. The molecule has 0 unspecified atom stereocenters. The fourth-order valence-corrected chi connectivity index (χ4v) is 1.86. The minimum atomic E-state index is -0.281. The largest absolute Gasteiger partial charge is 0.223 e. The third kappa shape index (κ3) is 1.57. The van der Waals surface area contributed by atoms with Crippen LogP contribution in [0, 0.1) is 12.7 Å². The maximum atomic E-state index is 13.4. The van der Waals surface area contributed by atoms with Crippen LogP contribution in [0.2, 0.25) is 0 Å². The van der Waals surface area contributed by atoms with Crippen molar-refractivity contribution in [2.45, 2.75) is 6.92 Å². The molecule has 0 aliphatic carbocycles. The Bertz CT molecular complexity index is 465. The summed E-state index contributed by atoms with van der Waals surface area (Å²) in [5.41, 5.74) is 1.30. The van der Waals surface area contributed by atoms with Gasteiger partial charge in [0.1, 0.15) is 16.1 Å². The monoisotopic (exact) mass is 254 g/mol. The van der Waals surface area contributed by atoms with E-state index in [9.17, 15) is 4.39 Å². The zero-order chi connectivity index (χ0) is 10.1. The van der Waals surface area contributed by atoms with Gasteiger partial charge in [0.05, 0.1) is 5.69 Å². The van der Waals surface area contributed by atoms with Crippen LogP contribution >= 0.6 is 15.9 Å². The molecule has 2 nitrogen and oxygen atoms in total. The summed E-state index contributed by atoms with van der Waals surface area (Å²) in [6, 6.07) is 8.38. The lowest BCUT2D eigenvalue weighted by Gasteiger charge is -2.03. The average molecular weight is 255 g/mol. The fourth-order valence-electron chi connectivity index (χ4n) is 1.26. The van der Waals surface area contributed by atoms with Crippen molar-refractivity contribution in [3.05, 3.63) is 46.4 Å². The van der Waals surface area contributed by atoms with Gasteiger partial charge in [0.25, 0.3) is 0 Å². The Morgan fingerprint density at radius 3 is 2.64 bits per heavy atom. The summed E-state index contributed by atoms with van der Waals surface area (Å²) in [5.74, 6) is -0.281. The number of aryl methyl sites for hydroxylation is 1. The van der Waals surface area contributed by atoms with Gasteiger partial charge in [-0.1, -0.05) is 12.1 Å². The molecule has 0 amide bonds. The Labute approximate surface area is 89.5 Å². The number of nitrogens with zero attached hydrogens (tertiary/aromatic N) is 2. The molecule has 0 radical (unpaired) electrons. The third-order valence-corrected chi connectivity index (χ3v) is 2.43. The van der Waals surface area contributed by atoms with Crippen LogP contribution in [0.3, 0.4) is 0 Å². The number of aromatic nitrogens is 2. The van der Waals surface area contributed by atoms with Gasteiger partial charge in [0.2, 0.25) is 0 Å². The molecule has 2 aromatic rings. The molecule has 1 aromatic heterocycles. The van der Waals surface area contributed by atoms with E-state index in [1.54, 1.807) is 18.2 Å². The Hall–Kier alpha value is -1.16. The molecule has 14 heavy (non-hydrogen) atoms. The molecular formula is C10H8BrFN2. The van der Waals surface area contributed by atoms with E-state index >= 15 is 0 Å². The molecule has 2 rings (SSSR count). The van der Waals surface area contributed by atoms with Gasteiger partial charge in [0.15, 0.2) is 0 Å². The van der Waals surface area contributed by atoms with Crippen molar-refractivity contribution in [3.8, 4) is 5.69 Å². The van der Waals surface area contributed by atoms with Crippen LogP contribution < -0.4 is 0 Å². The predicted octanol–water partition coefficient (Wildman–Crippen LogP) is 3.08. The summed E-state index contributed by atoms with van der Waals surface area (Å²) in [6.07, 6.45) is 0. The van der Waals surface area contributed by atoms with E-state index in [0.29, 0.717) is 5.69 Å². The zero-order valence-corrected chi connectivity index (χ0v) is 9.12. The second-order valence-electron chi connectivity index (χ2n) is 2.97. The van der Waals surface area contributed by atoms with Gasteiger partial charge in [-0.25, -0.2) is 9.07 Å². The van der Waals surface area contributed by atoms with Crippen LogP contribution in [-0.4, -0.2) is 9.78 Å². The molecule has 0 saturated heterocycles. The highest BCUT2D eigenvalue weighted by Gasteiger charge is 2.08. The Kier molecular flexibility index (Phi) is 2.37. The van der Waals surface area contributed by atoms with Gasteiger partial charge < -0.3 is 0 Å². The quantitative estimate of drug-likeness (QED) is 0.765. The number of hydrogen-bond acceptors (Lipinski definition) is 1. The van der Waals surface area contributed by atoms with Crippen molar-refractivity contribution in [3.63, 3.8) is 0 Å². The van der Waals surface area contributed by atoms with Crippen LogP contribution in [0.1, 0.15) is 5.69 Å². The summed E-state index contributed by atoms with van der Waals surface area (Å²) in [5, 5.41) is 4.17. The molecule has 72 valence electrons. The predicted molar refractivity (Wildman–Crippen MR) is 56.0 cm³/mol. The summed E-state index contributed by atoms with van der Waals surface area (Å²) in [4.78, 5) is 0. The van der Waals surface area contributed by atoms with Crippen molar-refractivity contribution in [1.29, 1.82) is 0 Å². The molecule has 0 aliphatic heterocycles. The van der Waals surface area contributed by atoms with Crippen LogP contribution in [-0.2, 0) is 0 Å². The first-order chi connectivity index (χ1) is 6.68. The zero-order valence-electron chi connectivity index (χ0n) is 7.54. The SMILES string of the molecule is Cc1cc(Br)n(-c2ccccc2F)n1. The topological polar surface area (TPSA) is 17.8 Å². The van der Waals surface area contributed by atoms with E-state index in [2.05, 4.69) is 21.0 Å². The maximum Gasteiger partial charge on any atom is 0.148 e. The lowest BCUT2D eigenvalue weighted by Crippen LogP contribution is -1.99. The van der Waals surface area contributed by atoms with E-state index in [0.717, 1.165) is 10.3 Å². The van der Waals surface area contributed by atoms with Crippen LogP contribution in [0.25, 0.3) is 5.69 Å². The highest BCUT2D eigenvalue weighted by Crippen LogP contribution is 2.19. The standard InChI is InChI=1S/C10H8BrFN2/c1-7-6-10(11)14(13-7)9-5-3-2-4-8(9)12/h2-6H,1H3. The normalized spacial score (nSPS) is 10.5. The second kappa shape index (κ2) is 3.53. The number of benzene rings is 1. The number of halogens is 2. The smallest absolute Gasteiger partial charge is 0.148 e. The van der Waals surface area contributed by atoms with Crippen molar-refractivity contribution in [2.75, 3.05) is 0 Å². The number of hydrogen-bond donors (Lipinski definition) is 0. The summed E-state index contributed by atoms with van der Waals surface area (Å²) in [6.45, 7) is 1.86. The Morgan fingerprint density at radius 1 is 1.36 bits per heavy atom. The van der Waals surface area contributed by atoms with Gasteiger partial charge in [-0.05, 0) is 41.1 Å². The molecule has 4 heteroatoms. The molecule has 1 heterocycles. The summed E-state index contributed by atoms with van der Waals surface area (Å²) >= 11 is 3.32. The van der Waals surface area contributed by atoms with Crippen molar-refractivity contribution >= 4 is 15.9 Å². The molecule has 0 N–H and O–H groups in total. The molecular weight excluding hydrogens is 247 g/mol. The van der Waals surface area contributed by atoms with Gasteiger partial charge in [-0.2, -0.15) is 5.10 Å². The van der Waals surface area contributed by atoms with Gasteiger partial charge >= 0.3 is 0 Å². The van der Waals surface area contributed by atoms with Crippen molar-refractivity contribution in [1.82, 2.24) is 9.78 Å². The summed E-state index contributed by atoms with van der Waals surface area (Å²) in [7, 11) is 0. The van der Waals surface area contributed by atoms with Crippen LogP contribution in [0.4, 0.5) is 4.39 Å². The first-order valence-electron chi connectivity index (χ1n) is 4.15. The number of para-hydroxylation sites is 1. The molecule has 0 saturated carbocycles. The fraction of sp³-hybridized carbons (Fsp3) is 0.100. The second-order valence-corrected chi connectivity index (χ2v) is 3.78. The van der Waals surface area contributed by atoms with Gasteiger partial charge in [-0.3, -0.25) is 0 Å². The maximum absolute atomic E-state index is 13.4. The van der Waals surface area contributed by atoms with E-state index in [1.165, 1.54) is 10.7 Å². The first-order valence-corrected chi connectivity index (χ1v) is 4.95. The average Bonchev–Trinajstić information content (AvgIpc) is 2.46.